The highest BCUT2D eigenvalue weighted by Gasteiger charge is 2.50. The zero-order chi connectivity index (χ0) is 24.2. The molecule has 0 aromatic heterocycles. The van der Waals surface area contributed by atoms with E-state index in [1.165, 1.54) is 12.4 Å². The number of nitrogens with one attached hydrogen (secondary N) is 1. The fraction of sp³-hybridized carbons (Fsp3) is 0.280. The minimum absolute atomic E-state index is 0.0143. The van der Waals surface area contributed by atoms with Gasteiger partial charge in [-0.1, -0.05) is 36.7 Å². The van der Waals surface area contributed by atoms with Crippen LogP contribution in [0.1, 0.15) is 20.3 Å². The number of ether oxygens (including phenoxy) is 1. The number of halogens is 1. The van der Waals surface area contributed by atoms with Crippen LogP contribution in [-0.2, 0) is 4.79 Å². The van der Waals surface area contributed by atoms with Crippen molar-refractivity contribution >= 4 is 52.9 Å². The Bertz CT molecular complexity index is 1290. The minimum Gasteiger partial charge on any atom is -0.480 e. The van der Waals surface area contributed by atoms with Crippen molar-refractivity contribution in [3.05, 3.63) is 64.7 Å². The molecule has 3 unspecified atom stereocenters. The molecule has 1 N–H and O–H groups in total. The van der Waals surface area contributed by atoms with Gasteiger partial charge in [0.05, 0.1) is 15.9 Å². The van der Waals surface area contributed by atoms with Crippen LogP contribution < -0.4 is 19.4 Å². The van der Waals surface area contributed by atoms with Crippen LogP contribution in [-0.4, -0.2) is 53.0 Å². The van der Waals surface area contributed by atoms with Gasteiger partial charge in [0.1, 0.15) is 5.75 Å². The predicted molar refractivity (Wildman–Crippen MR) is 137 cm³/mol. The zero-order valence-corrected chi connectivity index (χ0v) is 19.7. The van der Waals surface area contributed by atoms with E-state index < -0.39 is 0 Å². The number of carbonyl (C=O) groups is 1. The number of ketones is 1. The van der Waals surface area contributed by atoms with Crippen molar-refractivity contribution in [1.82, 2.24) is 9.34 Å². The molecule has 3 aliphatic rings. The highest BCUT2D eigenvalue weighted by atomic mass is 35.5. The number of aliphatic imine (C=N–C) groups is 1. The van der Waals surface area contributed by atoms with Crippen molar-refractivity contribution in [2.45, 2.75) is 26.3 Å². The van der Waals surface area contributed by atoms with Gasteiger partial charge in [-0.15, -0.1) is 0 Å². The first kappa shape index (κ1) is 23.3. The molecule has 0 spiro atoms. The number of allylic oxidation sites excluding steroid dienone is 2. The van der Waals surface area contributed by atoms with Crippen LogP contribution in [0.15, 0.2) is 59.8 Å². The first-order valence-electron chi connectivity index (χ1n) is 11.0. The van der Waals surface area contributed by atoms with Crippen LogP contribution >= 0.6 is 11.6 Å². The number of carbonyl (C=O) groups excluding carboxylic acids is 1. The van der Waals surface area contributed by atoms with Crippen LogP contribution in [0, 0.1) is 16.7 Å². The van der Waals surface area contributed by atoms with E-state index in [9.17, 15) is 9.70 Å². The average Bonchev–Trinajstić information content (AvgIpc) is 3.51. The third kappa shape index (κ3) is 4.90. The van der Waals surface area contributed by atoms with Gasteiger partial charge in [-0.2, -0.15) is 4.67 Å². The maximum absolute atomic E-state index is 12.7. The smallest absolute Gasteiger partial charge is 0.381 e. The molecule has 0 saturated carbocycles. The van der Waals surface area contributed by atoms with E-state index in [4.69, 9.17) is 16.3 Å². The molecule has 4 rings (SSSR count). The standard InChI is InChI=1S/C25H24ClN5O3/c1-4-22(32)16(3)15(2)10-19-12-21(31(19)33)24-25(29-14-28-24)30-17-7-8-23(20(26)11-17)34-13-18-6-5-9-27-18/h4-9,11-12,14-16,19H,1,10,13H2,2-3H3/q+2/p+1. The van der Waals surface area contributed by atoms with E-state index in [0.29, 0.717) is 46.7 Å². The SMILES string of the molecule is C=CC(=O)C(C)C(C)CC1C=C(C2=[N+]=CN=C2Nc2ccc(OCC3=[N+]=CC=C3)c(Cl)c2)[N+]1=O. The van der Waals surface area contributed by atoms with Gasteiger partial charge in [0.25, 0.3) is 6.21 Å². The molecule has 3 atom stereocenters. The van der Waals surface area contributed by atoms with Crippen molar-refractivity contribution in [3.8, 4) is 5.75 Å². The quantitative estimate of drug-likeness (QED) is 0.317. The van der Waals surface area contributed by atoms with Gasteiger partial charge < -0.3 is 10.1 Å². The van der Waals surface area contributed by atoms with E-state index in [2.05, 4.69) is 26.2 Å². The summed E-state index contributed by atoms with van der Waals surface area (Å²) in [4.78, 5) is 28.8. The normalized spacial score (nSPS) is 19.6. The molecule has 0 radical (unpaired) electrons. The zero-order valence-electron chi connectivity index (χ0n) is 18.9. The lowest BCUT2D eigenvalue weighted by atomic mass is 9.84. The number of amidine groups is 1. The summed E-state index contributed by atoms with van der Waals surface area (Å²) in [6.07, 6.45) is 10.6. The topological polar surface area (TPSA) is 99.0 Å². The first-order valence-corrected chi connectivity index (χ1v) is 11.3. The van der Waals surface area contributed by atoms with Gasteiger partial charge in [-0.05, 0) is 35.2 Å². The lowest BCUT2D eigenvalue weighted by Crippen LogP contribution is -2.41. The Morgan fingerprint density at radius 1 is 1.38 bits per heavy atom. The van der Waals surface area contributed by atoms with Crippen LogP contribution in [0.3, 0.4) is 0 Å². The molecule has 3 heterocycles. The van der Waals surface area contributed by atoms with Gasteiger partial charge in [-0.3, -0.25) is 4.79 Å². The Morgan fingerprint density at radius 3 is 2.88 bits per heavy atom. The molecule has 1 aromatic carbocycles. The van der Waals surface area contributed by atoms with Gasteiger partial charge >= 0.3 is 29.3 Å². The van der Waals surface area contributed by atoms with Crippen molar-refractivity contribution < 1.29 is 14.3 Å². The van der Waals surface area contributed by atoms with Gasteiger partial charge in [-0.25, -0.2) is 0 Å². The third-order valence-corrected chi connectivity index (χ3v) is 6.33. The van der Waals surface area contributed by atoms with Crippen LogP contribution in [0.4, 0.5) is 5.69 Å². The summed E-state index contributed by atoms with van der Waals surface area (Å²) in [6, 6.07) is 4.98. The summed E-state index contributed by atoms with van der Waals surface area (Å²) >= 11 is 6.38. The van der Waals surface area contributed by atoms with Gasteiger partial charge in [0, 0.05) is 35.1 Å². The van der Waals surface area contributed by atoms with E-state index in [1.54, 1.807) is 18.3 Å². The molecule has 0 fully saturated rings. The molecule has 0 saturated heterocycles. The third-order valence-electron chi connectivity index (χ3n) is 6.03. The fourth-order valence-electron chi connectivity index (χ4n) is 3.77. The Hall–Kier alpha value is -3.83. The predicted octanol–water partition coefficient (Wildman–Crippen LogP) is 2.69. The second-order valence-corrected chi connectivity index (χ2v) is 8.72. The van der Waals surface area contributed by atoms with E-state index in [-0.39, 0.29) is 23.7 Å². The van der Waals surface area contributed by atoms with Crippen LogP contribution in [0.25, 0.3) is 0 Å². The van der Waals surface area contributed by atoms with Crippen molar-refractivity contribution in [3.63, 3.8) is 0 Å². The Balaban J connectivity index is 1.37. The maximum Gasteiger partial charge on any atom is 0.381 e. The highest BCUT2D eigenvalue weighted by Crippen LogP contribution is 2.30. The molecule has 1 aromatic rings. The van der Waals surface area contributed by atoms with Gasteiger partial charge in [0.15, 0.2) is 12.4 Å². The highest BCUT2D eigenvalue weighted by molar-refractivity contribution is 6.52. The van der Waals surface area contributed by atoms with Crippen molar-refractivity contribution in [2.24, 2.45) is 16.8 Å². The fourth-order valence-corrected chi connectivity index (χ4v) is 4.00. The molecule has 0 bridgehead atoms. The second kappa shape index (κ2) is 9.98. The maximum atomic E-state index is 12.7. The van der Waals surface area contributed by atoms with Gasteiger partial charge in [0.2, 0.25) is 6.04 Å². The summed E-state index contributed by atoms with van der Waals surface area (Å²) in [6.45, 7) is 7.69. The van der Waals surface area contributed by atoms with Crippen LogP contribution in [0.2, 0.25) is 5.02 Å². The molecule has 172 valence electrons. The molecule has 8 nitrogen and oxygen atoms in total. The summed E-state index contributed by atoms with van der Waals surface area (Å²) < 4.78 is 15.1. The van der Waals surface area contributed by atoms with Crippen molar-refractivity contribution in [2.75, 3.05) is 11.9 Å². The molecule has 0 amide bonds. The molecule has 0 aliphatic carbocycles. The van der Waals surface area contributed by atoms with Crippen molar-refractivity contribution in [1.29, 1.82) is 0 Å². The summed E-state index contributed by atoms with van der Waals surface area (Å²) in [5.41, 5.74) is 2.42. The Morgan fingerprint density at radius 2 is 2.21 bits per heavy atom. The number of hydrogen-bond acceptors (Lipinski definition) is 5. The van der Waals surface area contributed by atoms with E-state index >= 15 is 0 Å². The number of rotatable bonds is 10. The molecule has 9 heteroatoms. The van der Waals surface area contributed by atoms with Crippen LogP contribution in [0.5, 0.6) is 5.75 Å². The number of nitrogens with zero attached hydrogens (tertiary/aromatic N) is 4. The molecule has 34 heavy (non-hydrogen) atoms. The van der Waals surface area contributed by atoms with E-state index in [0.717, 1.165) is 10.5 Å². The molecular formula is C25H25ClN5O3+3. The first-order chi connectivity index (χ1) is 16.4. The second-order valence-electron chi connectivity index (χ2n) is 8.31. The Kier molecular flexibility index (Phi) is 6.85. The lowest BCUT2D eigenvalue weighted by molar-refractivity contribution is -0.548. The van der Waals surface area contributed by atoms with E-state index in [1.807, 2.05) is 38.1 Å². The minimum atomic E-state index is -0.308. The summed E-state index contributed by atoms with van der Waals surface area (Å²) in [5, 5.41) is 3.60. The number of hydrogen-bond donors (Lipinski definition) is 1. The molecule has 3 aliphatic heterocycles. The number of anilines is 1. The lowest BCUT2D eigenvalue weighted by Gasteiger charge is -2.20. The number of benzene rings is 1. The average molecular weight is 479 g/mol. The number of nitroso groups, excluding NO2 is 1. The molecular weight excluding hydrogens is 454 g/mol. The summed E-state index contributed by atoms with van der Waals surface area (Å²) in [5.74, 6) is 0.847. The Labute approximate surface area is 202 Å². The largest absolute Gasteiger partial charge is 0.480 e. The monoisotopic (exact) mass is 478 g/mol. The summed E-state index contributed by atoms with van der Waals surface area (Å²) in [7, 11) is 0.